The molecule has 0 saturated heterocycles. The molecule has 0 bridgehead atoms. The molecule has 1 rings (SSSR count). The molecule has 0 aliphatic carbocycles. The lowest BCUT2D eigenvalue weighted by molar-refractivity contribution is -0.0156. The van der Waals surface area contributed by atoms with Crippen molar-refractivity contribution < 1.29 is 4.79 Å². The van der Waals surface area contributed by atoms with Crippen molar-refractivity contribution in [3.8, 4) is 0 Å². The van der Waals surface area contributed by atoms with Crippen molar-refractivity contribution in [2.24, 2.45) is 5.10 Å². The first-order valence-corrected chi connectivity index (χ1v) is 2.35. The Balaban J connectivity index is 2.55. The normalized spacial score (nSPS) is 14.4. The van der Waals surface area contributed by atoms with Gasteiger partial charge in [-0.3, -0.25) is 0 Å². The Kier molecular flexibility index (Phi) is 1.62. The maximum absolute atomic E-state index is 8.01. The van der Waals surface area contributed by atoms with E-state index in [0.717, 1.165) is 6.34 Å². The van der Waals surface area contributed by atoms with Crippen LogP contribution in [0.2, 0.25) is 0 Å². The summed E-state index contributed by atoms with van der Waals surface area (Å²) in [6.45, 7) is 0. The van der Waals surface area contributed by atoms with Crippen LogP contribution in [0.15, 0.2) is 17.4 Å². The van der Waals surface area contributed by atoms with Gasteiger partial charge in [-0.15, -0.1) is 0 Å². The average molecular weight is 123 g/mol. The quantitative estimate of drug-likeness (QED) is 0.222. The topological polar surface area (TPSA) is 64.0 Å². The zero-order valence-electron chi connectivity index (χ0n) is 4.60. The summed E-state index contributed by atoms with van der Waals surface area (Å²) in [5.41, 5.74) is 10.7. The van der Waals surface area contributed by atoms with E-state index in [0.29, 0.717) is 0 Å². The molecule has 1 aliphatic rings. The summed E-state index contributed by atoms with van der Waals surface area (Å²) in [7, 11) is 0. The number of hydrazone groups is 1. The van der Waals surface area contributed by atoms with Gasteiger partial charge in [0.05, 0.1) is 6.21 Å². The molecule has 0 spiro atoms. The summed E-state index contributed by atoms with van der Waals surface area (Å²) in [5, 5.41) is 4.98. The van der Waals surface area contributed by atoms with E-state index in [4.69, 9.17) is 5.53 Å². The molecule has 0 fully saturated rings. The van der Waals surface area contributed by atoms with Crippen molar-refractivity contribution in [1.82, 2.24) is 10.5 Å². The maximum Gasteiger partial charge on any atom is 0.366 e. The van der Waals surface area contributed by atoms with Crippen molar-refractivity contribution in [2.75, 3.05) is 0 Å². The highest BCUT2D eigenvalue weighted by molar-refractivity contribution is 5.72. The van der Waals surface area contributed by atoms with Crippen LogP contribution < -0.4 is 5.43 Å². The van der Waals surface area contributed by atoms with Gasteiger partial charge in [0.2, 0.25) is 0 Å². The highest BCUT2D eigenvalue weighted by Gasteiger charge is 2.00. The smallest absolute Gasteiger partial charge is 0.366 e. The summed E-state index contributed by atoms with van der Waals surface area (Å²) in [6, 6.07) is 0. The predicted molar refractivity (Wildman–Crippen MR) is 32.3 cm³/mol. The molecule has 9 heavy (non-hydrogen) atoms. The molecule has 0 saturated carbocycles. The average Bonchev–Trinajstić information content (AvgIpc) is 1.91. The molecular weight excluding hydrogens is 118 g/mol. The van der Waals surface area contributed by atoms with Crippen LogP contribution in [-0.4, -0.2) is 22.5 Å². The molecule has 0 radical (unpaired) electrons. The van der Waals surface area contributed by atoms with E-state index in [1.165, 1.54) is 5.12 Å². The Morgan fingerprint density at radius 2 is 2.67 bits per heavy atom. The van der Waals surface area contributed by atoms with Gasteiger partial charge >= 0.3 is 6.34 Å². The molecule has 0 amide bonds. The maximum atomic E-state index is 8.01. The highest BCUT2D eigenvalue weighted by Crippen LogP contribution is 1.81. The Morgan fingerprint density at radius 3 is 3.22 bits per heavy atom. The lowest BCUT2D eigenvalue weighted by Crippen LogP contribution is -2.29. The molecule has 0 aromatic heterocycles. The van der Waals surface area contributed by atoms with Gasteiger partial charge in [0, 0.05) is 6.20 Å². The van der Waals surface area contributed by atoms with Crippen molar-refractivity contribution in [3.63, 3.8) is 0 Å². The molecular formula is C4H5N5. The third-order valence-corrected chi connectivity index (χ3v) is 0.741. The second-order valence-electron chi connectivity index (χ2n) is 1.33. The van der Waals surface area contributed by atoms with Gasteiger partial charge < -0.3 is 10.3 Å². The molecule has 5 heteroatoms. The van der Waals surface area contributed by atoms with Crippen LogP contribution in [0.4, 0.5) is 0 Å². The van der Waals surface area contributed by atoms with Crippen LogP contribution in [0.25, 0.3) is 5.53 Å². The molecule has 1 N–H and O–H groups in total. The largest absolute Gasteiger partial charge is 0.498 e. The van der Waals surface area contributed by atoms with E-state index < -0.39 is 0 Å². The summed E-state index contributed by atoms with van der Waals surface area (Å²) >= 11 is 0. The fourth-order valence-corrected chi connectivity index (χ4v) is 0.418. The molecule has 1 aliphatic heterocycles. The van der Waals surface area contributed by atoms with Crippen LogP contribution in [0.5, 0.6) is 0 Å². The van der Waals surface area contributed by atoms with E-state index in [-0.39, 0.29) is 0 Å². The van der Waals surface area contributed by atoms with Gasteiger partial charge in [-0.05, 0) is 11.2 Å². The van der Waals surface area contributed by atoms with Gasteiger partial charge in [-0.1, -0.05) is 5.10 Å². The fraction of sp³-hybridized carbons (Fsp3) is 0. The number of hydrazine groups is 1. The molecule has 0 unspecified atom stereocenters. The Morgan fingerprint density at radius 1 is 1.78 bits per heavy atom. The third-order valence-electron chi connectivity index (χ3n) is 0.741. The lowest BCUT2D eigenvalue weighted by atomic mass is 10.6. The zero-order chi connectivity index (χ0) is 6.53. The lowest BCUT2D eigenvalue weighted by Gasteiger charge is -2.02. The second kappa shape index (κ2) is 2.64. The van der Waals surface area contributed by atoms with Crippen molar-refractivity contribution in [1.29, 1.82) is 0 Å². The number of rotatable bonds is 1. The summed E-state index contributed by atoms with van der Waals surface area (Å²) in [6.07, 6.45) is 6.09. The van der Waals surface area contributed by atoms with Crippen LogP contribution in [-0.2, 0) is 0 Å². The van der Waals surface area contributed by atoms with Crippen molar-refractivity contribution in [3.05, 3.63) is 17.8 Å². The van der Waals surface area contributed by atoms with Crippen molar-refractivity contribution >= 4 is 12.6 Å². The molecule has 0 atom stereocenters. The van der Waals surface area contributed by atoms with Gasteiger partial charge in [0.15, 0.2) is 0 Å². The molecule has 1 heterocycles. The van der Waals surface area contributed by atoms with Crippen LogP contribution in [0, 0.1) is 0 Å². The first-order chi connectivity index (χ1) is 4.43. The monoisotopic (exact) mass is 123 g/mol. The van der Waals surface area contributed by atoms with E-state index in [1.807, 2.05) is 0 Å². The zero-order valence-corrected chi connectivity index (χ0v) is 4.60. The van der Waals surface area contributed by atoms with Gasteiger partial charge in [-0.25, -0.2) is 5.43 Å². The number of hydrogen-bond donors (Lipinski definition) is 1. The number of nitrogens with one attached hydrogen (secondary N) is 1. The third kappa shape index (κ3) is 1.40. The van der Waals surface area contributed by atoms with Crippen molar-refractivity contribution in [2.45, 2.75) is 0 Å². The Hall–Kier alpha value is -1.61. The highest BCUT2D eigenvalue weighted by atomic mass is 15.7. The minimum absolute atomic E-state index is 1.14. The Bertz CT molecular complexity index is 187. The Labute approximate surface area is 51.9 Å². The number of nitrogens with zero attached hydrogens (tertiary/aromatic N) is 4. The number of allylic oxidation sites excluding steroid dienone is 1. The fourth-order valence-electron chi connectivity index (χ4n) is 0.418. The van der Waals surface area contributed by atoms with Gasteiger partial charge in [-0.2, -0.15) is 0 Å². The first kappa shape index (κ1) is 5.53. The molecule has 5 nitrogen and oxygen atoms in total. The molecule has 46 valence electrons. The number of hydrogen-bond acceptors (Lipinski definition) is 2. The second-order valence-corrected chi connectivity index (χ2v) is 1.33. The van der Waals surface area contributed by atoms with Gasteiger partial charge in [0.1, 0.15) is 0 Å². The minimum atomic E-state index is 1.14. The standard InChI is InChI=1S/C4H5N5/c5-6-4-9-7-2-1-3-8-9/h1-4,7H. The van der Waals surface area contributed by atoms with Gasteiger partial charge in [0.25, 0.3) is 0 Å². The minimum Gasteiger partial charge on any atom is -0.498 e. The SMILES string of the molecule is [N-]=[N+]=CN1N=CC=CN1. The van der Waals surface area contributed by atoms with Crippen LogP contribution in [0.1, 0.15) is 0 Å². The summed E-state index contributed by atoms with van der Waals surface area (Å²) in [4.78, 5) is 2.75. The van der Waals surface area contributed by atoms with E-state index in [1.54, 1.807) is 18.5 Å². The van der Waals surface area contributed by atoms with E-state index in [9.17, 15) is 0 Å². The summed E-state index contributed by atoms with van der Waals surface area (Å²) in [5.74, 6) is 0. The molecule has 0 aromatic carbocycles. The van der Waals surface area contributed by atoms with E-state index >= 15 is 0 Å². The van der Waals surface area contributed by atoms with E-state index in [2.05, 4.69) is 15.3 Å². The molecule has 0 aromatic rings. The predicted octanol–water partition coefficient (Wildman–Crippen LogP) is -0.436. The summed E-state index contributed by atoms with van der Waals surface area (Å²) < 4.78 is 0. The van der Waals surface area contributed by atoms with Crippen LogP contribution in [0.3, 0.4) is 0 Å². The van der Waals surface area contributed by atoms with Crippen LogP contribution >= 0.6 is 0 Å². The first-order valence-electron chi connectivity index (χ1n) is 2.35.